The van der Waals surface area contributed by atoms with E-state index in [0.717, 1.165) is 0 Å². The van der Waals surface area contributed by atoms with Crippen LogP contribution in [0.25, 0.3) is 0 Å². The van der Waals surface area contributed by atoms with Crippen LogP contribution in [0.2, 0.25) is 0 Å². The quantitative estimate of drug-likeness (QED) is 0.408. The van der Waals surface area contributed by atoms with Crippen LogP contribution in [-0.4, -0.2) is 111 Å². The van der Waals surface area contributed by atoms with E-state index in [1.54, 1.807) is 0 Å². The lowest BCUT2D eigenvalue weighted by molar-refractivity contribution is -0.327. The lowest BCUT2D eigenvalue weighted by Crippen LogP contribution is -2.66. The van der Waals surface area contributed by atoms with Crippen LogP contribution in [0.1, 0.15) is 12.8 Å². The molecule has 3 heterocycles. The van der Waals surface area contributed by atoms with E-state index in [-0.39, 0.29) is 26.4 Å². The van der Waals surface area contributed by atoms with Gasteiger partial charge in [0.15, 0.2) is 12.6 Å². The third-order valence-corrected chi connectivity index (χ3v) is 6.25. The van der Waals surface area contributed by atoms with Gasteiger partial charge in [0.25, 0.3) is 11.3 Å². The third-order valence-electron chi connectivity index (χ3n) is 6.25. The van der Waals surface area contributed by atoms with Gasteiger partial charge in [-0.15, -0.1) is 0 Å². The number of hydrogen-bond donors (Lipinski definition) is 0. The molecule has 0 aromatic rings. The third kappa shape index (κ3) is 4.80. The molecular formula is C18H24F10N2O3. The summed E-state index contributed by atoms with van der Waals surface area (Å²) in [5.74, 6) is 0. The highest BCUT2D eigenvalue weighted by atomic mass is 19.4. The summed E-state index contributed by atoms with van der Waals surface area (Å²) in [6.45, 7) is -2.37. The van der Waals surface area contributed by atoms with Gasteiger partial charge in [-0.05, 0) is 12.8 Å². The zero-order valence-corrected chi connectivity index (χ0v) is 17.3. The van der Waals surface area contributed by atoms with Crippen LogP contribution < -0.4 is 0 Å². The van der Waals surface area contributed by atoms with Crippen molar-refractivity contribution in [3.8, 4) is 0 Å². The summed E-state index contributed by atoms with van der Waals surface area (Å²) in [5, 5.41) is 0. The maximum atomic E-state index is 15.4. The molecule has 0 aromatic carbocycles. The Kier molecular flexibility index (Phi) is 7.79. The van der Waals surface area contributed by atoms with E-state index < -0.39 is 87.5 Å². The number of alkyl halides is 10. The molecule has 0 bridgehead atoms. The molecule has 0 saturated carbocycles. The molecule has 6 unspecified atom stereocenters. The van der Waals surface area contributed by atoms with Gasteiger partial charge in [-0.25, -0.2) is 17.6 Å². The standard InChI is InChI=1S/C18H24F10N2O3/c19-13(29-3-7-31-8-4-29)15(21,17(23,24)25)11-1-2-12(33-11)16(22,18(26,27)28)14(20)30-5-9-32-10-6-30/h11-14H,1-10H2. The topological polar surface area (TPSA) is 34.2 Å². The fourth-order valence-corrected chi connectivity index (χ4v) is 4.34. The largest absolute Gasteiger partial charge is 0.429 e. The van der Waals surface area contributed by atoms with E-state index in [0.29, 0.717) is 9.80 Å². The zero-order chi connectivity index (χ0) is 24.7. The molecule has 0 N–H and O–H groups in total. The first-order valence-corrected chi connectivity index (χ1v) is 10.3. The first kappa shape index (κ1) is 26.7. The fourth-order valence-electron chi connectivity index (χ4n) is 4.34. The van der Waals surface area contributed by atoms with E-state index in [2.05, 4.69) is 4.74 Å². The highest BCUT2D eigenvalue weighted by Crippen LogP contribution is 2.52. The molecule has 0 aromatic heterocycles. The number of rotatable bonds is 6. The van der Waals surface area contributed by atoms with Crippen LogP contribution in [0.4, 0.5) is 43.9 Å². The van der Waals surface area contributed by atoms with Crippen LogP contribution in [0.15, 0.2) is 0 Å². The molecule has 3 saturated heterocycles. The normalized spacial score (nSPS) is 32.2. The Morgan fingerprint density at radius 2 is 0.879 bits per heavy atom. The van der Waals surface area contributed by atoms with Crippen LogP contribution >= 0.6 is 0 Å². The van der Waals surface area contributed by atoms with E-state index in [9.17, 15) is 35.1 Å². The molecule has 3 rings (SSSR count). The molecular weight excluding hydrogens is 482 g/mol. The number of halogens is 10. The molecule has 0 spiro atoms. The van der Waals surface area contributed by atoms with Crippen molar-refractivity contribution in [3.05, 3.63) is 0 Å². The number of nitrogens with zero attached hydrogens (tertiary/aromatic N) is 2. The van der Waals surface area contributed by atoms with E-state index in [1.807, 2.05) is 0 Å². The second-order valence-corrected chi connectivity index (χ2v) is 8.19. The van der Waals surface area contributed by atoms with Gasteiger partial charge in [0.05, 0.1) is 26.4 Å². The Bertz CT molecular complexity index is 602. The van der Waals surface area contributed by atoms with Crippen molar-refractivity contribution >= 4 is 0 Å². The zero-order valence-electron chi connectivity index (χ0n) is 17.3. The molecule has 3 fully saturated rings. The Balaban J connectivity index is 1.87. The average Bonchev–Trinajstić information content (AvgIpc) is 3.27. The van der Waals surface area contributed by atoms with Crippen molar-refractivity contribution in [1.29, 1.82) is 0 Å². The lowest BCUT2D eigenvalue weighted by Gasteiger charge is -2.43. The summed E-state index contributed by atoms with van der Waals surface area (Å²) in [6.07, 6.45) is -26.3. The first-order valence-electron chi connectivity index (χ1n) is 10.3. The average molecular weight is 506 g/mol. The molecule has 15 heteroatoms. The molecule has 0 aliphatic carbocycles. The smallest absolute Gasteiger partial charge is 0.379 e. The van der Waals surface area contributed by atoms with Crippen molar-refractivity contribution in [2.75, 3.05) is 52.6 Å². The van der Waals surface area contributed by atoms with Crippen LogP contribution in [0, 0.1) is 0 Å². The molecule has 194 valence electrons. The molecule has 5 nitrogen and oxygen atoms in total. The maximum Gasteiger partial charge on any atom is 0.429 e. The Hall–Kier alpha value is -0.900. The Morgan fingerprint density at radius 1 is 0.576 bits per heavy atom. The van der Waals surface area contributed by atoms with Crippen molar-refractivity contribution in [2.24, 2.45) is 0 Å². The summed E-state index contributed by atoms with van der Waals surface area (Å²) >= 11 is 0. The van der Waals surface area contributed by atoms with Crippen LogP contribution in [-0.2, 0) is 14.2 Å². The summed E-state index contributed by atoms with van der Waals surface area (Å²) in [4.78, 5) is 0.984. The van der Waals surface area contributed by atoms with Gasteiger partial charge in [-0.3, -0.25) is 9.80 Å². The van der Waals surface area contributed by atoms with E-state index in [4.69, 9.17) is 9.47 Å². The summed E-state index contributed by atoms with van der Waals surface area (Å²) in [6, 6.07) is 0. The molecule has 3 aliphatic heterocycles. The predicted octanol–water partition coefficient (Wildman–Crippen LogP) is 3.33. The van der Waals surface area contributed by atoms with Gasteiger partial charge < -0.3 is 14.2 Å². The minimum absolute atomic E-state index is 0.187. The maximum absolute atomic E-state index is 15.4. The second kappa shape index (κ2) is 9.63. The van der Waals surface area contributed by atoms with Gasteiger partial charge in [0.2, 0.25) is 0 Å². The Labute approximate surface area is 182 Å². The van der Waals surface area contributed by atoms with E-state index >= 15 is 8.78 Å². The SMILES string of the molecule is FC(N1CCOCC1)C(F)(C1CCC(C(F)(C(F)N2CCOCC2)C(F)(F)F)O1)C(F)(F)F. The minimum atomic E-state index is -5.90. The summed E-state index contributed by atoms with van der Waals surface area (Å²) in [5.41, 5.74) is -9.53. The highest BCUT2D eigenvalue weighted by molar-refractivity contribution is 5.09. The number of morpholine rings is 2. The van der Waals surface area contributed by atoms with Crippen molar-refractivity contribution in [3.63, 3.8) is 0 Å². The fraction of sp³-hybridized carbons (Fsp3) is 1.00. The molecule has 3 aliphatic rings. The van der Waals surface area contributed by atoms with Crippen molar-refractivity contribution < 1.29 is 58.1 Å². The van der Waals surface area contributed by atoms with Crippen LogP contribution in [0.5, 0.6) is 0 Å². The number of ether oxygens (including phenoxy) is 3. The Morgan fingerprint density at radius 3 is 1.15 bits per heavy atom. The summed E-state index contributed by atoms with van der Waals surface area (Å²) in [7, 11) is 0. The van der Waals surface area contributed by atoms with E-state index in [1.165, 1.54) is 0 Å². The van der Waals surface area contributed by atoms with Gasteiger partial charge in [-0.2, -0.15) is 26.3 Å². The van der Waals surface area contributed by atoms with Crippen molar-refractivity contribution in [1.82, 2.24) is 9.80 Å². The molecule has 0 amide bonds. The molecule has 0 radical (unpaired) electrons. The minimum Gasteiger partial charge on any atom is -0.379 e. The molecule has 33 heavy (non-hydrogen) atoms. The summed E-state index contributed by atoms with van der Waals surface area (Å²) < 4.78 is 157. The first-order chi connectivity index (χ1) is 15.2. The van der Waals surface area contributed by atoms with Gasteiger partial charge >= 0.3 is 12.4 Å². The monoisotopic (exact) mass is 506 g/mol. The second-order valence-electron chi connectivity index (χ2n) is 8.19. The van der Waals surface area contributed by atoms with Gasteiger partial charge in [-0.1, -0.05) is 0 Å². The predicted molar refractivity (Wildman–Crippen MR) is 92.3 cm³/mol. The van der Waals surface area contributed by atoms with Gasteiger partial charge in [0.1, 0.15) is 12.2 Å². The van der Waals surface area contributed by atoms with Crippen LogP contribution in [0.3, 0.4) is 0 Å². The van der Waals surface area contributed by atoms with Crippen molar-refractivity contribution in [2.45, 2.75) is 61.3 Å². The van der Waals surface area contributed by atoms with Gasteiger partial charge in [0, 0.05) is 26.2 Å². The molecule has 6 atom stereocenters. The highest BCUT2D eigenvalue weighted by Gasteiger charge is 2.74. The lowest BCUT2D eigenvalue weighted by atomic mass is 9.90. The number of hydrogen-bond acceptors (Lipinski definition) is 5.